The van der Waals surface area contributed by atoms with E-state index < -0.39 is 0 Å². The minimum atomic E-state index is -0.344. The minimum absolute atomic E-state index is 0.344. The molecule has 1 amide bonds. The van der Waals surface area contributed by atoms with Gasteiger partial charge in [-0.05, 0) is 60.0 Å². The van der Waals surface area contributed by atoms with E-state index in [4.69, 9.17) is 14.2 Å². The summed E-state index contributed by atoms with van der Waals surface area (Å²) in [5, 5.41) is 6.49. The molecule has 0 radical (unpaired) electrons. The van der Waals surface area contributed by atoms with Gasteiger partial charge >= 0.3 is 0 Å². The van der Waals surface area contributed by atoms with E-state index in [2.05, 4.69) is 34.8 Å². The van der Waals surface area contributed by atoms with Gasteiger partial charge in [-0.3, -0.25) is 4.79 Å². The Morgan fingerprint density at radius 1 is 0.833 bits per heavy atom. The molecule has 0 atom stereocenters. The van der Waals surface area contributed by atoms with E-state index in [1.807, 2.05) is 56.3 Å². The van der Waals surface area contributed by atoms with Crippen LogP contribution in [0.5, 0.6) is 17.2 Å². The maximum absolute atomic E-state index is 12.7. The zero-order valence-electron chi connectivity index (χ0n) is 20.6. The Hall–Kier alpha value is -4.32. The van der Waals surface area contributed by atoms with Crippen LogP contribution in [0, 0.1) is 0 Å². The second kappa shape index (κ2) is 12.4. The number of amides is 1. The third-order valence-corrected chi connectivity index (χ3v) is 5.52. The fraction of sp³-hybridized carbons (Fsp3) is 0.200. The lowest BCUT2D eigenvalue weighted by Crippen LogP contribution is -2.18. The summed E-state index contributed by atoms with van der Waals surface area (Å²) in [6.45, 7) is 5.40. The first-order chi connectivity index (χ1) is 17.7. The van der Waals surface area contributed by atoms with Crippen molar-refractivity contribution in [2.75, 3.05) is 13.2 Å². The van der Waals surface area contributed by atoms with Gasteiger partial charge in [0.1, 0.15) is 12.4 Å². The van der Waals surface area contributed by atoms with Gasteiger partial charge in [0.05, 0.1) is 19.4 Å². The first kappa shape index (κ1) is 24.8. The minimum Gasteiger partial charge on any atom is -0.490 e. The molecule has 0 saturated heterocycles. The highest BCUT2D eigenvalue weighted by atomic mass is 16.5. The molecule has 6 heteroatoms. The van der Waals surface area contributed by atoms with Gasteiger partial charge in [0.25, 0.3) is 5.91 Å². The normalized spacial score (nSPS) is 10.9. The molecule has 4 aromatic rings. The lowest BCUT2D eigenvalue weighted by Gasteiger charge is -2.12. The average Bonchev–Trinajstić information content (AvgIpc) is 2.92. The van der Waals surface area contributed by atoms with Gasteiger partial charge in [-0.1, -0.05) is 61.5 Å². The molecule has 0 fully saturated rings. The van der Waals surface area contributed by atoms with E-state index in [0.29, 0.717) is 42.6 Å². The Morgan fingerprint density at radius 3 is 2.50 bits per heavy atom. The monoisotopic (exact) mass is 482 g/mol. The molecule has 4 rings (SSSR count). The summed E-state index contributed by atoms with van der Waals surface area (Å²) in [7, 11) is 0. The van der Waals surface area contributed by atoms with E-state index in [0.717, 1.165) is 22.9 Å². The molecule has 0 spiro atoms. The number of rotatable bonds is 11. The second-order valence-corrected chi connectivity index (χ2v) is 8.11. The van der Waals surface area contributed by atoms with Crippen molar-refractivity contribution in [2.45, 2.75) is 26.9 Å². The van der Waals surface area contributed by atoms with E-state index in [-0.39, 0.29) is 5.91 Å². The van der Waals surface area contributed by atoms with Crippen LogP contribution in [0.1, 0.15) is 41.8 Å². The van der Waals surface area contributed by atoms with Crippen molar-refractivity contribution in [3.05, 3.63) is 102 Å². The summed E-state index contributed by atoms with van der Waals surface area (Å²) in [5.41, 5.74) is 4.88. The Balaban J connectivity index is 1.43. The van der Waals surface area contributed by atoms with Crippen molar-refractivity contribution in [3.8, 4) is 17.2 Å². The van der Waals surface area contributed by atoms with Crippen molar-refractivity contribution in [1.29, 1.82) is 0 Å². The Labute approximate surface area is 211 Å². The Bertz CT molecular complexity index is 1340. The smallest absolute Gasteiger partial charge is 0.271 e. The molecule has 6 nitrogen and oxygen atoms in total. The third kappa shape index (κ3) is 6.21. The van der Waals surface area contributed by atoms with Gasteiger partial charge in [0.15, 0.2) is 11.5 Å². The van der Waals surface area contributed by atoms with Crippen LogP contribution in [0.15, 0.2) is 90.0 Å². The van der Waals surface area contributed by atoms with Crippen LogP contribution >= 0.6 is 0 Å². The number of nitrogens with one attached hydrogen (secondary N) is 1. The number of nitrogens with zero attached hydrogens (tertiary/aromatic N) is 1. The van der Waals surface area contributed by atoms with Crippen molar-refractivity contribution < 1.29 is 19.0 Å². The van der Waals surface area contributed by atoms with Gasteiger partial charge in [-0.2, -0.15) is 5.10 Å². The van der Waals surface area contributed by atoms with E-state index >= 15 is 0 Å². The summed E-state index contributed by atoms with van der Waals surface area (Å²) >= 11 is 0. The largest absolute Gasteiger partial charge is 0.490 e. The van der Waals surface area contributed by atoms with Crippen molar-refractivity contribution >= 4 is 22.9 Å². The molecule has 0 saturated carbocycles. The lowest BCUT2D eigenvalue weighted by atomic mass is 10.1. The molecule has 1 N–H and O–H groups in total. The highest BCUT2D eigenvalue weighted by Crippen LogP contribution is 2.29. The number of ether oxygens (including phenoxy) is 3. The number of para-hydroxylation sites is 1. The quantitative estimate of drug-likeness (QED) is 0.199. The van der Waals surface area contributed by atoms with Gasteiger partial charge in [0, 0.05) is 11.1 Å². The molecule has 0 aromatic heterocycles. The van der Waals surface area contributed by atoms with Crippen molar-refractivity contribution in [2.24, 2.45) is 5.10 Å². The maximum Gasteiger partial charge on any atom is 0.271 e. The zero-order valence-corrected chi connectivity index (χ0v) is 20.6. The fourth-order valence-electron chi connectivity index (χ4n) is 3.77. The van der Waals surface area contributed by atoms with E-state index in [1.165, 1.54) is 5.39 Å². The average molecular weight is 483 g/mol. The standard InChI is InChI=1S/C30H30N2O4/c1-3-18-35-28-17-16-23(19-29(28)34-4-2)30(33)32-31-20-24-11-6-8-15-27(24)36-21-25-13-9-12-22-10-5-7-14-26(22)25/h5-17,19-20H,3-4,18,21H2,1-2H3,(H,32,33)/b31-20+. The molecule has 0 bridgehead atoms. The van der Waals surface area contributed by atoms with Crippen molar-refractivity contribution in [3.63, 3.8) is 0 Å². The predicted molar refractivity (Wildman–Crippen MR) is 143 cm³/mol. The third-order valence-electron chi connectivity index (χ3n) is 5.52. The van der Waals surface area contributed by atoms with Crippen molar-refractivity contribution in [1.82, 2.24) is 5.43 Å². The predicted octanol–water partition coefficient (Wildman–Crippen LogP) is 6.37. The number of carbonyl (C=O) groups is 1. The van der Waals surface area contributed by atoms with E-state index in [9.17, 15) is 4.79 Å². The molecule has 0 aliphatic carbocycles. The van der Waals surface area contributed by atoms with Gasteiger partial charge in [0.2, 0.25) is 0 Å². The molecule has 0 unspecified atom stereocenters. The van der Waals surface area contributed by atoms with Gasteiger partial charge in [-0.15, -0.1) is 0 Å². The Kier molecular flexibility index (Phi) is 8.54. The van der Waals surface area contributed by atoms with Crippen LogP contribution in [0.3, 0.4) is 0 Å². The summed E-state index contributed by atoms with van der Waals surface area (Å²) in [5.74, 6) is 1.49. The van der Waals surface area contributed by atoms with Gasteiger partial charge in [-0.25, -0.2) is 5.43 Å². The number of benzene rings is 4. The van der Waals surface area contributed by atoms with E-state index in [1.54, 1.807) is 24.4 Å². The molecular weight excluding hydrogens is 452 g/mol. The van der Waals surface area contributed by atoms with Gasteiger partial charge < -0.3 is 14.2 Å². The fourth-order valence-corrected chi connectivity index (χ4v) is 3.77. The highest BCUT2D eigenvalue weighted by molar-refractivity contribution is 5.95. The van der Waals surface area contributed by atoms with Crippen LogP contribution in [-0.2, 0) is 6.61 Å². The number of fused-ring (bicyclic) bond motifs is 1. The molecule has 0 aliphatic heterocycles. The SMILES string of the molecule is CCCOc1ccc(C(=O)N/N=C/c2ccccc2OCc2cccc3ccccc23)cc1OCC. The summed E-state index contributed by atoms with van der Waals surface area (Å²) in [6.07, 6.45) is 2.47. The lowest BCUT2D eigenvalue weighted by molar-refractivity contribution is 0.0954. The number of hydrogen-bond donors (Lipinski definition) is 1. The van der Waals surface area contributed by atoms with Crippen LogP contribution in [0.4, 0.5) is 0 Å². The zero-order chi connectivity index (χ0) is 25.2. The first-order valence-corrected chi connectivity index (χ1v) is 12.1. The number of hydrogen-bond acceptors (Lipinski definition) is 5. The van der Waals surface area contributed by atoms with Crippen LogP contribution in [-0.4, -0.2) is 25.3 Å². The topological polar surface area (TPSA) is 69.2 Å². The molecular formula is C30H30N2O4. The molecule has 4 aromatic carbocycles. The Morgan fingerprint density at radius 2 is 1.64 bits per heavy atom. The highest BCUT2D eigenvalue weighted by Gasteiger charge is 2.11. The number of carbonyl (C=O) groups excluding carboxylic acids is 1. The first-order valence-electron chi connectivity index (χ1n) is 12.1. The summed E-state index contributed by atoms with van der Waals surface area (Å²) in [6, 6.07) is 27.1. The van der Waals surface area contributed by atoms with Crippen LogP contribution in [0.25, 0.3) is 10.8 Å². The van der Waals surface area contributed by atoms with Crippen LogP contribution < -0.4 is 19.6 Å². The number of hydrazone groups is 1. The second-order valence-electron chi connectivity index (χ2n) is 8.11. The molecule has 36 heavy (non-hydrogen) atoms. The molecule has 0 aliphatic rings. The molecule has 0 heterocycles. The molecule has 184 valence electrons. The summed E-state index contributed by atoms with van der Waals surface area (Å²) in [4.78, 5) is 12.7. The summed E-state index contributed by atoms with van der Waals surface area (Å²) < 4.78 is 17.5. The maximum atomic E-state index is 12.7. The van der Waals surface area contributed by atoms with Crippen LogP contribution in [0.2, 0.25) is 0 Å².